The molecular weight excluding hydrogens is 366 g/mol. The maximum atomic E-state index is 12.5. The summed E-state index contributed by atoms with van der Waals surface area (Å²) in [5.41, 5.74) is 0.694. The molecule has 0 aromatic heterocycles. The van der Waals surface area contributed by atoms with E-state index < -0.39 is 20.7 Å². The lowest BCUT2D eigenvalue weighted by Crippen LogP contribution is -2.46. The number of hydrogen-bond donors (Lipinski definition) is 2. The number of aliphatic carboxylic acids is 1. The van der Waals surface area contributed by atoms with Crippen LogP contribution in [0, 0.1) is 0 Å². The lowest BCUT2D eigenvalue weighted by atomic mass is 9.95. The molecule has 1 amide bonds. The Morgan fingerprint density at radius 3 is 2.07 bits per heavy atom. The predicted octanol–water partition coefficient (Wildman–Crippen LogP) is 2.80. The minimum Gasteiger partial charge on any atom is -0.481 e. The fourth-order valence-corrected chi connectivity index (χ4v) is 5.48. The van der Waals surface area contributed by atoms with Gasteiger partial charge in [-0.1, -0.05) is 30.3 Å². The fourth-order valence-electron chi connectivity index (χ4n) is 2.86. The molecule has 0 aliphatic rings. The number of carboxylic acids is 1. The largest absolute Gasteiger partial charge is 0.500 e. The maximum Gasteiger partial charge on any atom is 0.500 e. The summed E-state index contributed by atoms with van der Waals surface area (Å²) in [5.74, 6) is -2.01. The minimum absolute atomic E-state index is 0.245. The normalized spacial score (nSPS) is 12.6. The third-order valence-corrected chi connectivity index (χ3v) is 7.10. The molecule has 7 nitrogen and oxygen atoms in total. The topological polar surface area (TPSA) is 94.1 Å². The Kier molecular flexibility index (Phi) is 10.9. The van der Waals surface area contributed by atoms with Crippen LogP contribution < -0.4 is 5.32 Å². The van der Waals surface area contributed by atoms with Crippen LogP contribution in [0.3, 0.4) is 0 Å². The molecule has 0 aliphatic carbocycles. The highest BCUT2D eigenvalue weighted by Gasteiger charge is 2.39. The number of nitrogens with one attached hydrogen (secondary N) is 1. The summed E-state index contributed by atoms with van der Waals surface area (Å²) in [6, 6.07) is 9.55. The molecule has 8 heteroatoms. The molecule has 1 unspecified atom stereocenters. The van der Waals surface area contributed by atoms with Crippen molar-refractivity contribution in [2.45, 2.75) is 45.6 Å². The Morgan fingerprint density at radius 1 is 1.04 bits per heavy atom. The van der Waals surface area contributed by atoms with E-state index in [9.17, 15) is 9.59 Å². The Hall–Kier alpha value is -1.74. The van der Waals surface area contributed by atoms with Crippen LogP contribution in [0.1, 0.15) is 45.1 Å². The van der Waals surface area contributed by atoms with Gasteiger partial charge in [0.05, 0.1) is 12.3 Å². The van der Waals surface area contributed by atoms with Crippen LogP contribution in [0.25, 0.3) is 0 Å². The summed E-state index contributed by atoms with van der Waals surface area (Å²) < 4.78 is 17.4. The zero-order valence-electron chi connectivity index (χ0n) is 16.4. The van der Waals surface area contributed by atoms with E-state index in [0.717, 1.165) is 0 Å². The quantitative estimate of drug-likeness (QED) is 0.370. The monoisotopic (exact) mass is 397 g/mol. The molecule has 0 spiro atoms. The van der Waals surface area contributed by atoms with E-state index in [0.29, 0.717) is 44.4 Å². The van der Waals surface area contributed by atoms with Gasteiger partial charge in [0.25, 0.3) is 0 Å². The van der Waals surface area contributed by atoms with Gasteiger partial charge in [0, 0.05) is 32.4 Å². The number of amides is 1. The predicted molar refractivity (Wildman–Crippen MR) is 105 cm³/mol. The van der Waals surface area contributed by atoms with Crippen molar-refractivity contribution in [3.8, 4) is 0 Å². The number of hydrogen-bond acceptors (Lipinski definition) is 5. The summed E-state index contributed by atoms with van der Waals surface area (Å²) in [6.45, 7) is 7.63. The number of rotatable bonds is 14. The second kappa shape index (κ2) is 12.6. The molecule has 0 saturated heterocycles. The molecule has 0 bridgehead atoms. The van der Waals surface area contributed by atoms with Gasteiger partial charge in [0.1, 0.15) is 0 Å². The number of carboxylic acid groups (broad SMARTS) is 1. The van der Waals surface area contributed by atoms with E-state index in [4.69, 9.17) is 18.4 Å². The maximum absolute atomic E-state index is 12.5. The van der Waals surface area contributed by atoms with E-state index in [1.54, 1.807) is 24.3 Å². The number of carbonyl (C=O) groups is 2. The van der Waals surface area contributed by atoms with Crippen LogP contribution in [0.5, 0.6) is 0 Å². The smallest absolute Gasteiger partial charge is 0.481 e. The van der Waals surface area contributed by atoms with Crippen LogP contribution in [0.4, 0.5) is 0 Å². The van der Waals surface area contributed by atoms with Gasteiger partial charge >= 0.3 is 14.8 Å². The van der Waals surface area contributed by atoms with Crippen LogP contribution in [0.15, 0.2) is 30.3 Å². The molecule has 1 atom stereocenters. The molecule has 0 saturated carbocycles. The van der Waals surface area contributed by atoms with E-state index in [1.165, 1.54) is 0 Å². The SMILES string of the molecule is CCO[Si](CCCNC(=O)C(CC(=O)O)c1ccccc1)(OCC)OCC. The number of carbonyl (C=O) groups excluding carboxylic acids is 1. The molecule has 1 rings (SSSR count). The summed E-state index contributed by atoms with van der Waals surface area (Å²) in [7, 11) is -2.73. The number of benzene rings is 1. The average molecular weight is 398 g/mol. The Morgan fingerprint density at radius 2 is 1.59 bits per heavy atom. The second-order valence-electron chi connectivity index (χ2n) is 5.94. The van der Waals surface area contributed by atoms with Crippen LogP contribution in [-0.4, -0.2) is 52.2 Å². The van der Waals surface area contributed by atoms with Crippen molar-refractivity contribution < 1.29 is 28.0 Å². The van der Waals surface area contributed by atoms with Crippen molar-refractivity contribution in [3.63, 3.8) is 0 Å². The van der Waals surface area contributed by atoms with Gasteiger partial charge in [0.15, 0.2) is 0 Å². The summed E-state index contributed by atoms with van der Waals surface area (Å²) >= 11 is 0. The lowest BCUT2D eigenvalue weighted by molar-refractivity contribution is -0.139. The van der Waals surface area contributed by atoms with Crippen LogP contribution >= 0.6 is 0 Å². The van der Waals surface area contributed by atoms with Crippen molar-refractivity contribution in [1.29, 1.82) is 0 Å². The Labute approximate surface area is 162 Å². The summed E-state index contributed by atoms with van der Waals surface area (Å²) in [4.78, 5) is 23.7. The molecule has 27 heavy (non-hydrogen) atoms. The molecule has 2 N–H and O–H groups in total. The molecule has 0 aliphatic heterocycles. The standard InChI is InChI=1S/C19H31NO6Si/c1-4-24-27(25-5-2,26-6-3)14-10-13-20-19(23)17(15-18(21)22)16-11-8-7-9-12-16/h7-9,11-12,17H,4-6,10,13-15H2,1-3H3,(H,20,23)(H,21,22). The van der Waals surface area contributed by atoms with E-state index >= 15 is 0 Å². The van der Waals surface area contributed by atoms with Crippen LogP contribution in [0.2, 0.25) is 6.04 Å². The van der Waals surface area contributed by atoms with Crippen molar-refractivity contribution in [3.05, 3.63) is 35.9 Å². The van der Waals surface area contributed by atoms with Gasteiger partial charge < -0.3 is 23.7 Å². The van der Waals surface area contributed by atoms with Gasteiger partial charge in [-0.2, -0.15) is 0 Å². The first-order chi connectivity index (χ1) is 13.0. The average Bonchev–Trinajstić information content (AvgIpc) is 2.64. The van der Waals surface area contributed by atoms with Crippen molar-refractivity contribution in [1.82, 2.24) is 5.32 Å². The zero-order chi connectivity index (χ0) is 20.1. The highest BCUT2D eigenvalue weighted by molar-refractivity contribution is 6.60. The molecular formula is C19H31NO6Si. The van der Waals surface area contributed by atoms with Crippen molar-refractivity contribution in [2.24, 2.45) is 0 Å². The van der Waals surface area contributed by atoms with Gasteiger partial charge in [-0.15, -0.1) is 0 Å². The van der Waals surface area contributed by atoms with Gasteiger partial charge in [-0.3, -0.25) is 9.59 Å². The lowest BCUT2D eigenvalue weighted by Gasteiger charge is -2.28. The van der Waals surface area contributed by atoms with E-state index in [-0.39, 0.29) is 12.3 Å². The highest BCUT2D eigenvalue weighted by Crippen LogP contribution is 2.21. The zero-order valence-corrected chi connectivity index (χ0v) is 17.4. The molecule has 1 aromatic rings. The van der Waals surface area contributed by atoms with Gasteiger partial charge in [-0.05, 0) is 32.8 Å². The first-order valence-electron chi connectivity index (χ1n) is 9.44. The highest BCUT2D eigenvalue weighted by atomic mass is 28.4. The van der Waals surface area contributed by atoms with Gasteiger partial charge in [-0.25, -0.2) is 0 Å². The summed E-state index contributed by atoms with van der Waals surface area (Å²) in [5, 5.41) is 12.0. The third-order valence-electron chi connectivity index (χ3n) is 3.95. The molecule has 0 heterocycles. The first-order valence-corrected chi connectivity index (χ1v) is 11.4. The van der Waals surface area contributed by atoms with Crippen LogP contribution in [-0.2, 0) is 22.9 Å². The fraction of sp³-hybridized carbons (Fsp3) is 0.579. The van der Waals surface area contributed by atoms with E-state index in [1.807, 2.05) is 26.8 Å². The summed E-state index contributed by atoms with van der Waals surface area (Å²) in [6.07, 6.45) is 0.387. The van der Waals surface area contributed by atoms with Crippen molar-refractivity contribution in [2.75, 3.05) is 26.4 Å². The molecule has 152 valence electrons. The van der Waals surface area contributed by atoms with Crippen molar-refractivity contribution >= 4 is 20.7 Å². The third kappa shape index (κ3) is 8.21. The van der Waals surface area contributed by atoms with Gasteiger partial charge in [0.2, 0.25) is 5.91 Å². The molecule has 0 fully saturated rings. The second-order valence-corrected chi connectivity index (χ2v) is 8.67. The Bertz CT molecular complexity index is 552. The molecule has 1 aromatic carbocycles. The first kappa shape index (κ1) is 23.3. The Balaban J connectivity index is 2.63. The molecule has 0 radical (unpaired) electrons. The van der Waals surface area contributed by atoms with E-state index in [2.05, 4.69) is 5.32 Å². The minimum atomic E-state index is -2.73.